The topological polar surface area (TPSA) is 257 Å². The average molecular weight is 782 g/mol. The Hall–Kier alpha value is -4.63. The number of likely N-dealkylation sites (tertiary alicyclic amines) is 1. The maximum atomic E-state index is 13.5. The van der Waals surface area contributed by atoms with Crippen molar-refractivity contribution in [3.05, 3.63) is 45.1 Å². The molecule has 2 atom stereocenters. The summed E-state index contributed by atoms with van der Waals surface area (Å²) in [5.41, 5.74) is 3.41. The fraction of sp³-hybridized carbons (Fsp3) is 0.452. The van der Waals surface area contributed by atoms with Crippen LogP contribution in [0.1, 0.15) is 42.7 Å². The van der Waals surface area contributed by atoms with Crippen LogP contribution in [0.5, 0.6) is 11.5 Å². The number of hydrogen-bond acceptors (Lipinski definition) is 15. The first-order chi connectivity index (χ1) is 24.5. The van der Waals surface area contributed by atoms with Crippen LogP contribution in [-0.4, -0.2) is 133 Å². The highest BCUT2D eigenvalue weighted by molar-refractivity contribution is 8.00. The first-order valence-corrected chi connectivity index (χ1v) is 18.1. The van der Waals surface area contributed by atoms with Gasteiger partial charge in [-0.15, -0.1) is 23.1 Å². The number of nitrogens with one attached hydrogen (secondary N) is 1. The number of thiazole rings is 1. The summed E-state index contributed by atoms with van der Waals surface area (Å²) in [6, 6.07) is 1.48. The molecule has 3 amide bonds. The first kappa shape index (κ1) is 38.6. The third-order valence-electron chi connectivity index (χ3n) is 8.98. The van der Waals surface area contributed by atoms with Gasteiger partial charge in [0.15, 0.2) is 22.3 Å². The summed E-state index contributed by atoms with van der Waals surface area (Å²) in [6.07, 6.45) is 1.61. The second-order valence-corrected chi connectivity index (χ2v) is 15.2. The Bertz CT molecular complexity index is 1860. The Kier molecular flexibility index (Phi) is 11.2. The lowest BCUT2D eigenvalue weighted by Crippen LogP contribution is -2.72. The van der Waals surface area contributed by atoms with Crippen LogP contribution >= 0.6 is 34.7 Å². The van der Waals surface area contributed by atoms with Gasteiger partial charge in [0.1, 0.15) is 23.7 Å². The minimum atomic E-state index is -1.81. The van der Waals surface area contributed by atoms with E-state index in [-0.39, 0.29) is 58.2 Å². The van der Waals surface area contributed by atoms with E-state index in [9.17, 15) is 44.5 Å². The van der Waals surface area contributed by atoms with Gasteiger partial charge in [0.2, 0.25) is 5.60 Å². The third kappa shape index (κ3) is 7.61. The van der Waals surface area contributed by atoms with Crippen LogP contribution in [-0.2, 0) is 24.0 Å². The number of hydrogen-bond donors (Lipinski definition) is 5. The minimum Gasteiger partial charge on any atom is -0.543 e. The number of carboxylic acids is 2. The van der Waals surface area contributed by atoms with Gasteiger partial charge in [-0.25, -0.2) is 14.8 Å². The van der Waals surface area contributed by atoms with E-state index in [1.54, 1.807) is 0 Å². The number of thioether (sulfide) groups is 1. The molecule has 2 fully saturated rings. The molecule has 52 heavy (non-hydrogen) atoms. The highest BCUT2D eigenvalue weighted by Gasteiger charge is 2.54. The quantitative estimate of drug-likeness (QED) is 0.0565. The van der Waals surface area contributed by atoms with Crippen molar-refractivity contribution in [2.75, 3.05) is 51.3 Å². The van der Waals surface area contributed by atoms with Crippen molar-refractivity contribution in [3.63, 3.8) is 0 Å². The molecule has 5 rings (SSSR count). The predicted octanol–water partition coefficient (Wildman–Crippen LogP) is 0.223. The van der Waals surface area contributed by atoms with Crippen molar-refractivity contribution in [2.45, 2.75) is 43.7 Å². The molecule has 0 saturated carbocycles. The van der Waals surface area contributed by atoms with Crippen LogP contribution in [0.2, 0.25) is 5.02 Å². The molecule has 4 heterocycles. The number of aromatic hydroxyl groups is 1. The van der Waals surface area contributed by atoms with E-state index >= 15 is 0 Å². The summed E-state index contributed by atoms with van der Waals surface area (Å²) in [6.45, 7) is 3.94. The highest BCUT2D eigenvalue weighted by atomic mass is 35.5. The van der Waals surface area contributed by atoms with Crippen LogP contribution in [0.25, 0.3) is 0 Å². The zero-order valence-corrected chi connectivity index (χ0v) is 30.5. The van der Waals surface area contributed by atoms with E-state index in [1.165, 1.54) is 50.2 Å². The molecule has 0 unspecified atom stereocenters. The van der Waals surface area contributed by atoms with Crippen LogP contribution in [0.3, 0.4) is 0 Å². The van der Waals surface area contributed by atoms with Crippen molar-refractivity contribution in [2.24, 2.45) is 5.16 Å². The number of nitrogens with zero attached hydrogens (tertiary/aromatic N) is 5. The van der Waals surface area contributed by atoms with Crippen molar-refractivity contribution in [1.29, 1.82) is 0 Å². The molecule has 2 saturated heterocycles. The molecular formula is C31H36ClN7O11S2. The maximum Gasteiger partial charge on any atom is 0.350 e. The number of phenolic OH excluding ortho intramolecular Hbond substituents is 1. The number of phenols is 1. The van der Waals surface area contributed by atoms with E-state index < -0.39 is 58.1 Å². The standard InChI is InChI=1S/C31H36ClN7O11S2/c1-31(2,29(46)47)50-36-20(17-14-52-30(33)34-17)24(41)35-21-26(43)38-22(28(44)45)15(13-51-27(21)38)12-39(9-4-5-10-39)11-8-37(48)25(42)16-6-7-18(49-3)23(40)19(16)32/h6-7,14,21,27,48H,4-5,8-13H2,1-3H3,(H5-,33,34,35,40,41,44,45,46,47)/b36-20-/t21-,27-/m1/s1. The van der Waals surface area contributed by atoms with Crippen molar-refractivity contribution in [3.8, 4) is 11.5 Å². The molecule has 1 aromatic heterocycles. The van der Waals surface area contributed by atoms with Gasteiger partial charge in [-0.1, -0.05) is 16.8 Å². The van der Waals surface area contributed by atoms with Crippen molar-refractivity contribution < 1.29 is 58.6 Å². The lowest BCUT2D eigenvalue weighted by atomic mass is 10.0. The van der Waals surface area contributed by atoms with Gasteiger partial charge in [0, 0.05) is 29.5 Å². The maximum absolute atomic E-state index is 13.5. The Morgan fingerprint density at radius 2 is 1.96 bits per heavy atom. The summed E-state index contributed by atoms with van der Waals surface area (Å²) in [5.74, 6) is -5.64. The molecule has 18 nitrogen and oxygen atoms in total. The monoisotopic (exact) mass is 781 g/mol. The summed E-state index contributed by atoms with van der Waals surface area (Å²) >= 11 is 8.38. The molecule has 2 aromatic rings. The van der Waals surface area contributed by atoms with Crippen LogP contribution in [0.15, 0.2) is 33.9 Å². The number of anilines is 1. The number of β-lactam (4-membered cyclic amide) rings is 1. The second-order valence-electron chi connectivity index (χ2n) is 12.8. The lowest BCUT2D eigenvalue weighted by Gasteiger charge is -2.51. The number of methoxy groups -OCH3 is 1. The number of carbonyl (C=O) groups is 5. The number of fused-ring (bicyclic) bond motifs is 1. The number of nitrogens with two attached hydrogens (primary N) is 1. The lowest BCUT2D eigenvalue weighted by molar-refractivity contribution is -0.912. The third-order valence-corrected chi connectivity index (χ3v) is 11.4. The van der Waals surface area contributed by atoms with Crippen LogP contribution in [0.4, 0.5) is 5.13 Å². The zero-order chi connectivity index (χ0) is 38.1. The average Bonchev–Trinajstić information content (AvgIpc) is 3.75. The van der Waals surface area contributed by atoms with Crippen molar-refractivity contribution in [1.82, 2.24) is 20.3 Å². The largest absolute Gasteiger partial charge is 0.543 e. The molecule has 3 aliphatic heterocycles. The number of oxime groups is 1. The number of nitrogen functional groups attached to an aromatic ring is 1. The molecule has 21 heteroatoms. The fourth-order valence-electron chi connectivity index (χ4n) is 6.10. The van der Waals surface area contributed by atoms with E-state index in [2.05, 4.69) is 15.5 Å². The normalized spacial score (nSPS) is 19.8. The summed E-state index contributed by atoms with van der Waals surface area (Å²) in [4.78, 5) is 74.2. The molecule has 0 aliphatic carbocycles. The first-order valence-electron chi connectivity index (χ1n) is 15.8. The molecule has 6 N–H and O–H groups in total. The molecule has 3 aliphatic rings. The van der Waals surface area contributed by atoms with Gasteiger partial charge in [0.25, 0.3) is 17.7 Å². The molecule has 0 spiro atoms. The van der Waals surface area contributed by atoms with Gasteiger partial charge in [-0.2, -0.15) is 0 Å². The number of benzene rings is 1. The number of carbonyl (C=O) groups excluding carboxylic acids is 4. The van der Waals surface area contributed by atoms with Gasteiger partial charge in [-0.3, -0.25) is 24.5 Å². The van der Waals surface area contributed by atoms with Crippen molar-refractivity contribution >= 4 is 75.2 Å². The molecular weight excluding hydrogens is 746 g/mol. The summed E-state index contributed by atoms with van der Waals surface area (Å²) in [5, 5.41) is 50.0. The Labute approximate surface area is 309 Å². The number of carboxylic acid groups (broad SMARTS) is 2. The number of halogens is 1. The van der Waals surface area contributed by atoms with Gasteiger partial charge in [0.05, 0.1) is 55.5 Å². The summed E-state index contributed by atoms with van der Waals surface area (Å²) in [7, 11) is 1.32. The minimum absolute atomic E-state index is 0.0215. The Morgan fingerprint density at radius 1 is 1.27 bits per heavy atom. The number of aliphatic carboxylic acids is 2. The molecule has 280 valence electrons. The van der Waals surface area contributed by atoms with E-state index in [1.807, 2.05) is 0 Å². The van der Waals surface area contributed by atoms with Gasteiger partial charge < -0.3 is 45.2 Å². The predicted molar refractivity (Wildman–Crippen MR) is 184 cm³/mol. The molecule has 0 radical (unpaired) electrons. The fourth-order valence-corrected chi connectivity index (χ4v) is 8.22. The molecule has 0 bridgehead atoms. The van der Waals surface area contributed by atoms with Gasteiger partial charge >= 0.3 is 5.97 Å². The SMILES string of the molecule is COc1ccc(C(=O)N(O)CC[N+]2(CC3=C(C(=O)[O-])N4C(=O)[C@@H](NC(=O)/C(=N\OC(C)(C)C(=O)O)c5csc(N)n5)[C@H]4SC3)CCCC2)c(Cl)c1O. The number of ether oxygens (including phenoxy) is 1. The van der Waals surface area contributed by atoms with Gasteiger partial charge in [-0.05, 0) is 26.0 Å². The highest BCUT2D eigenvalue weighted by Crippen LogP contribution is 2.41. The number of quaternary nitrogens is 1. The smallest absolute Gasteiger partial charge is 0.350 e. The second kappa shape index (κ2) is 15.2. The Morgan fingerprint density at radius 3 is 2.56 bits per heavy atom. The zero-order valence-electron chi connectivity index (χ0n) is 28.2. The van der Waals surface area contributed by atoms with Crippen LogP contribution in [0, 0.1) is 0 Å². The van der Waals surface area contributed by atoms with E-state index in [0.29, 0.717) is 28.2 Å². The summed E-state index contributed by atoms with van der Waals surface area (Å²) < 4.78 is 5.31. The number of aromatic nitrogens is 1. The number of amides is 3. The number of rotatable bonds is 14. The Balaban J connectivity index is 1.31. The van der Waals surface area contributed by atoms with Crippen LogP contribution < -0.4 is 20.9 Å². The van der Waals surface area contributed by atoms with E-state index in [0.717, 1.165) is 29.1 Å². The number of hydroxylamine groups is 2. The van der Waals surface area contributed by atoms with E-state index in [4.69, 9.17) is 26.9 Å². The molecule has 1 aromatic carbocycles.